The molecule has 16 nitrogen and oxygen atoms in total. The van der Waals surface area contributed by atoms with Gasteiger partial charge in [0.2, 0.25) is 11.8 Å². The van der Waals surface area contributed by atoms with Crippen LogP contribution in [0.25, 0.3) is 21.8 Å². The van der Waals surface area contributed by atoms with Crippen LogP contribution in [0.5, 0.6) is 23.3 Å². The van der Waals surface area contributed by atoms with Crippen LogP contribution in [0.4, 0.5) is 51.9 Å². The first-order chi connectivity index (χ1) is 33.5. The normalized spacial score (nSPS) is 15.3. The standard InChI is InChI=1S/C49H41F4N13O3/c1-27-15-34-42(52)40(20-38(50)44(34)60-27)68-48-37(23-55)47(57-26-58-48)63-29-6-4-8-32(17-29)66-13-14-67-33(24-66)18-30-19-35-43(53)41(21-39(51)45(35)61-30)69-49-36(22-54)46(56-25-59-49)62-28-5-3-7-31(16-28)65-11-9-64(2)10-12-65/h3-8,15-17,19-21,25-26,33,60-61H,9-14,18,24H2,1-2H3,(H,56,59,62)(H,57,58,63). The van der Waals surface area contributed by atoms with Crippen LogP contribution in [0.1, 0.15) is 22.5 Å². The number of halogens is 4. The van der Waals surface area contributed by atoms with Gasteiger partial charge in [0, 0.05) is 103 Å². The number of likely N-dealkylation sites (N-methyl/N-ethyl adjacent to an activating group) is 1. The summed E-state index contributed by atoms with van der Waals surface area (Å²) in [5.41, 5.74) is 3.84. The van der Waals surface area contributed by atoms with Crippen molar-refractivity contribution in [3.8, 4) is 35.4 Å². The zero-order chi connectivity index (χ0) is 47.8. The van der Waals surface area contributed by atoms with Gasteiger partial charge >= 0.3 is 0 Å². The molecule has 6 heterocycles. The number of nitrogens with zero attached hydrogens (tertiary/aromatic N) is 9. The molecule has 0 amide bonds. The lowest BCUT2D eigenvalue weighted by atomic mass is 10.1. The molecule has 2 saturated heterocycles. The van der Waals surface area contributed by atoms with Gasteiger partial charge in [-0.05, 0) is 62.5 Å². The van der Waals surface area contributed by atoms with Crippen LogP contribution in [0, 0.1) is 52.9 Å². The highest BCUT2D eigenvalue weighted by Crippen LogP contribution is 2.37. The summed E-state index contributed by atoms with van der Waals surface area (Å²) in [5.74, 6) is -4.37. The van der Waals surface area contributed by atoms with E-state index < -0.39 is 34.8 Å². The predicted octanol–water partition coefficient (Wildman–Crippen LogP) is 9.11. The molecule has 2 aliphatic rings. The fourth-order valence-electron chi connectivity index (χ4n) is 8.56. The molecule has 4 aromatic heterocycles. The van der Waals surface area contributed by atoms with E-state index in [-0.39, 0.29) is 68.9 Å². The van der Waals surface area contributed by atoms with Crippen molar-refractivity contribution in [3.63, 3.8) is 0 Å². The molecule has 348 valence electrons. The van der Waals surface area contributed by atoms with Crippen molar-refractivity contribution in [2.75, 3.05) is 73.4 Å². The number of piperazine rings is 1. The predicted molar refractivity (Wildman–Crippen MR) is 250 cm³/mol. The highest BCUT2D eigenvalue weighted by molar-refractivity contribution is 5.85. The van der Waals surface area contributed by atoms with E-state index in [1.54, 1.807) is 13.0 Å². The van der Waals surface area contributed by atoms with E-state index in [0.29, 0.717) is 42.5 Å². The molecule has 0 aliphatic carbocycles. The third-order valence-corrected chi connectivity index (χ3v) is 12.0. The molecule has 8 aromatic rings. The first-order valence-corrected chi connectivity index (χ1v) is 21.9. The number of aryl methyl sites for hydroxylation is 1. The van der Waals surface area contributed by atoms with Crippen molar-refractivity contribution in [3.05, 3.63) is 131 Å². The zero-order valence-electron chi connectivity index (χ0n) is 37.1. The van der Waals surface area contributed by atoms with Crippen LogP contribution in [-0.4, -0.2) is 93.8 Å². The van der Waals surface area contributed by atoms with E-state index >= 15 is 13.2 Å². The number of aromatic amines is 2. The maximum Gasteiger partial charge on any atom is 0.242 e. The van der Waals surface area contributed by atoms with Gasteiger partial charge in [0.25, 0.3) is 0 Å². The highest BCUT2D eigenvalue weighted by Gasteiger charge is 2.26. The second kappa shape index (κ2) is 18.7. The lowest BCUT2D eigenvalue weighted by molar-refractivity contribution is 0.0406. The van der Waals surface area contributed by atoms with Crippen LogP contribution in [-0.2, 0) is 11.2 Å². The van der Waals surface area contributed by atoms with E-state index in [4.69, 9.17) is 14.2 Å². The fourth-order valence-corrected chi connectivity index (χ4v) is 8.56. The Labute approximate surface area is 391 Å². The summed E-state index contributed by atoms with van der Waals surface area (Å²) < 4.78 is 79.7. The number of benzene rings is 4. The SMILES string of the molecule is Cc1cc2c(F)c(Oc3ncnc(Nc4cccc(N5CCOC(Cc6cc7c(F)c(Oc8ncnc(Nc9cccc(N%10CCN(C)CC%10)c9)c8C#N)cc(F)c7[nH]6)C5)c4)c3C#N)cc(F)c2[nH]1. The second-order valence-corrected chi connectivity index (χ2v) is 16.7. The van der Waals surface area contributed by atoms with Crippen molar-refractivity contribution in [1.82, 2.24) is 34.8 Å². The minimum Gasteiger partial charge on any atom is -0.434 e. The minimum absolute atomic E-state index is 0.00206. The number of hydrogen-bond donors (Lipinski definition) is 4. The molecule has 4 aromatic carbocycles. The van der Waals surface area contributed by atoms with E-state index in [2.05, 4.69) is 62.3 Å². The van der Waals surface area contributed by atoms with Crippen molar-refractivity contribution in [1.29, 1.82) is 10.5 Å². The summed E-state index contributed by atoms with van der Waals surface area (Å²) in [4.78, 5) is 29.0. The molecule has 10 rings (SSSR count). The number of aromatic nitrogens is 6. The summed E-state index contributed by atoms with van der Waals surface area (Å²) in [6.07, 6.45) is 2.22. The molecule has 2 aliphatic heterocycles. The Hall–Kier alpha value is -8.46. The van der Waals surface area contributed by atoms with Crippen molar-refractivity contribution in [2.24, 2.45) is 0 Å². The summed E-state index contributed by atoms with van der Waals surface area (Å²) in [5, 5.41) is 26.5. The van der Waals surface area contributed by atoms with Gasteiger partial charge in [0.05, 0.1) is 23.7 Å². The second-order valence-electron chi connectivity index (χ2n) is 16.7. The molecular formula is C49H41F4N13O3. The Balaban J connectivity index is 0.818. The first-order valence-electron chi connectivity index (χ1n) is 21.9. The number of hydrogen-bond acceptors (Lipinski definition) is 14. The number of nitriles is 2. The number of H-pyrrole nitrogens is 2. The highest BCUT2D eigenvalue weighted by atomic mass is 19.1. The average Bonchev–Trinajstić information content (AvgIpc) is 3.98. The van der Waals surface area contributed by atoms with E-state index in [9.17, 15) is 14.9 Å². The Kier molecular flexibility index (Phi) is 12.0. The van der Waals surface area contributed by atoms with Gasteiger partial charge in [0.15, 0.2) is 57.5 Å². The molecule has 20 heteroatoms. The van der Waals surface area contributed by atoms with E-state index in [1.807, 2.05) is 54.6 Å². The molecular weight excluding hydrogens is 895 g/mol. The van der Waals surface area contributed by atoms with Gasteiger partial charge in [-0.2, -0.15) is 10.5 Å². The topological polar surface area (TPSA) is 192 Å². The van der Waals surface area contributed by atoms with Crippen LogP contribution in [0.3, 0.4) is 0 Å². The molecule has 0 radical (unpaired) electrons. The van der Waals surface area contributed by atoms with Gasteiger partial charge in [-0.25, -0.2) is 37.5 Å². The Bertz CT molecular complexity index is 3340. The van der Waals surface area contributed by atoms with Gasteiger partial charge in [-0.15, -0.1) is 0 Å². The van der Waals surface area contributed by atoms with E-state index in [1.165, 1.54) is 18.5 Å². The Morgan fingerprint density at radius 3 is 1.83 bits per heavy atom. The molecule has 1 unspecified atom stereocenters. The van der Waals surface area contributed by atoms with Crippen LogP contribution < -0.4 is 29.9 Å². The van der Waals surface area contributed by atoms with Gasteiger partial charge < -0.3 is 49.5 Å². The molecule has 0 spiro atoms. The largest absolute Gasteiger partial charge is 0.434 e. The maximum absolute atomic E-state index is 16.2. The third kappa shape index (κ3) is 9.06. The smallest absolute Gasteiger partial charge is 0.242 e. The van der Waals surface area contributed by atoms with Crippen LogP contribution >= 0.6 is 0 Å². The molecule has 0 saturated carbocycles. The number of morpholine rings is 1. The fraction of sp³-hybridized carbons (Fsp3) is 0.224. The molecule has 69 heavy (non-hydrogen) atoms. The zero-order valence-corrected chi connectivity index (χ0v) is 37.1. The lowest BCUT2D eigenvalue weighted by Crippen LogP contribution is -2.44. The summed E-state index contributed by atoms with van der Waals surface area (Å²) in [6, 6.07) is 23.9. The molecule has 0 bridgehead atoms. The van der Waals surface area contributed by atoms with Gasteiger partial charge in [0.1, 0.15) is 24.8 Å². The monoisotopic (exact) mass is 935 g/mol. The maximum atomic E-state index is 16.2. The summed E-state index contributed by atoms with van der Waals surface area (Å²) >= 11 is 0. The third-order valence-electron chi connectivity index (χ3n) is 12.0. The first kappa shape index (κ1) is 44.4. The number of ether oxygens (including phenoxy) is 3. The van der Waals surface area contributed by atoms with Crippen molar-refractivity contribution < 1.29 is 31.8 Å². The number of fused-ring (bicyclic) bond motifs is 2. The van der Waals surface area contributed by atoms with Gasteiger partial charge in [-0.3, -0.25) is 0 Å². The molecule has 1 atom stereocenters. The quantitative estimate of drug-likeness (QED) is 0.0848. The lowest BCUT2D eigenvalue weighted by Gasteiger charge is -2.34. The Morgan fingerprint density at radius 1 is 0.696 bits per heavy atom. The van der Waals surface area contributed by atoms with Gasteiger partial charge in [-0.1, -0.05) is 12.1 Å². The summed E-state index contributed by atoms with van der Waals surface area (Å²) in [7, 11) is 2.09. The molecule has 4 N–H and O–H groups in total. The van der Waals surface area contributed by atoms with Crippen molar-refractivity contribution in [2.45, 2.75) is 19.4 Å². The molecule has 2 fully saturated rings. The number of nitrogens with one attached hydrogen (secondary N) is 4. The average molecular weight is 936 g/mol. The number of rotatable bonds is 12. The van der Waals surface area contributed by atoms with Crippen LogP contribution in [0.2, 0.25) is 0 Å². The number of anilines is 6. The van der Waals surface area contributed by atoms with E-state index in [0.717, 1.165) is 56.0 Å². The minimum atomic E-state index is -0.849. The summed E-state index contributed by atoms with van der Waals surface area (Å²) in [6.45, 7) is 6.61. The van der Waals surface area contributed by atoms with Crippen LogP contribution in [0.15, 0.2) is 85.5 Å². The van der Waals surface area contributed by atoms with Crippen molar-refractivity contribution >= 4 is 56.2 Å². The Morgan fingerprint density at radius 2 is 1.25 bits per heavy atom.